The van der Waals surface area contributed by atoms with Crippen LogP contribution in [-0.2, 0) is 14.8 Å². The Morgan fingerprint density at radius 2 is 1.96 bits per heavy atom. The zero-order chi connectivity index (χ0) is 17.3. The van der Waals surface area contributed by atoms with Crippen molar-refractivity contribution in [3.8, 4) is 5.69 Å². The van der Waals surface area contributed by atoms with E-state index in [0.717, 1.165) is 0 Å². The Balaban J connectivity index is 2.12. The molecule has 1 N–H and O–H groups in total. The topological polar surface area (TPSA) is 102 Å². The van der Waals surface area contributed by atoms with Gasteiger partial charge in [0, 0.05) is 31.2 Å². The lowest BCUT2D eigenvalue weighted by molar-refractivity contribution is 0.0696. The molecule has 0 aliphatic carbocycles. The smallest absolute Gasteiger partial charge is 0.335 e. The highest BCUT2D eigenvalue weighted by atomic mass is 32.2. The summed E-state index contributed by atoms with van der Waals surface area (Å²) in [6, 6.07) is 4.07. The second-order valence-corrected chi connectivity index (χ2v) is 7.32. The van der Waals surface area contributed by atoms with E-state index in [0.29, 0.717) is 24.7 Å². The van der Waals surface area contributed by atoms with Gasteiger partial charge in [-0.2, -0.15) is 4.31 Å². The molecule has 0 amide bonds. The van der Waals surface area contributed by atoms with Crippen LogP contribution in [0, 0.1) is 6.92 Å². The van der Waals surface area contributed by atoms with Gasteiger partial charge in [0.1, 0.15) is 5.82 Å². The molecule has 0 atom stereocenters. The lowest BCUT2D eigenvalue weighted by Gasteiger charge is -2.26. The number of hydrogen-bond acceptors (Lipinski definition) is 5. The van der Waals surface area contributed by atoms with E-state index >= 15 is 0 Å². The number of ether oxygens (including phenoxy) is 1. The highest BCUT2D eigenvalue weighted by Crippen LogP contribution is 2.23. The van der Waals surface area contributed by atoms with Crippen LogP contribution in [0.2, 0.25) is 0 Å². The molecule has 9 heteroatoms. The van der Waals surface area contributed by atoms with Gasteiger partial charge in [0.2, 0.25) is 10.0 Å². The number of carbonyl (C=O) groups is 1. The molecule has 2 heterocycles. The van der Waals surface area contributed by atoms with Crippen molar-refractivity contribution in [2.24, 2.45) is 0 Å². The number of rotatable bonds is 4. The molecular weight excluding hydrogens is 334 g/mol. The van der Waals surface area contributed by atoms with Gasteiger partial charge < -0.3 is 14.4 Å². The molecule has 1 fully saturated rings. The highest BCUT2D eigenvalue weighted by molar-refractivity contribution is 7.89. The molecule has 0 radical (unpaired) electrons. The van der Waals surface area contributed by atoms with Crippen molar-refractivity contribution in [1.29, 1.82) is 0 Å². The van der Waals surface area contributed by atoms with Crippen molar-refractivity contribution in [2.45, 2.75) is 11.8 Å². The number of morpholine rings is 1. The molecule has 1 saturated heterocycles. The maximum Gasteiger partial charge on any atom is 0.335 e. The van der Waals surface area contributed by atoms with E-state index in [1.165, 1.54) is 22.5 Å². The van der Waals surface area contributed by atoms with Gasteiger partial charge in [0.05, 0.1) is 23.7 Å². The van der Waals surface area contributed by atoms with E-state index in [2.05, 4.69) is 4.98 Å². The Hall–Kier alpha value is -2.23. The van der Waals surface area contributed by atoms with Crippen LogP contribution < -0.4 is 0 Å². The summed E-state index contributed by atoms with van der Waals surface area (Å²) in [7, 11) is -3.79. The first-order chi connectivity index (χ1) is 11.4. The van der Waals surface area contributed by atoms with E-state index in [1.807, 2.05) is 0 Å². The Kier molecular flexibility index (Phi) is 4.39. The Bertz CT molecular complexity index is 869. The average Bonchev–Trinajstić information content (AvgIpc) is 3.01. The van der Waals surface area contributed by atoms with Gasteiger partial charge in [-0.15, -0.1) is 0 Å². The number of aromatic carboxylic acids is 1. The van der Waals surface area contributed by atoms with Crippen molar-refractivity contribution < 1.29 is 23.1 Å². The lowest BCUT2D eigenvalue weighted by atomic mass is 10.2. The van der Waals surface area contributed by atoms with E-state index in [-0.39, 0.29) is 23.5 Å². The molecule has 0 spiro atoms. The summed E-state index contributed by atoms with van der Waals surface area (Å²) in [6.45, 7) is 2.90. The van der Waals surface area contributed by atoms with Gasteiger partial charge in [-0.05, 0) is 25.1 Å². The predicted molar refractivity (Wildman–Crippen MR) is 84.8 cm³/mol. The number of benzene rings is 1. The average molecular weight is 351 g/mol. The molecule has 24 heavy (non-hydrogen) atoms. The quantitative estimate of drug-likeness (QED) is 0.878. The van der Waals surface area contributed by atoms with Gasteiger partial charge in [-0.25, -0.2) is 18.2 Å². The van der Waals surface area contributed by atoms with Crippen molar-refractivity contribution in [1.82, 2.24) is 13.9 Å². The summed E-state index contributed by atoms with van der Waals surface area (Å²) in [6.07, 6.45) is 3.22. The van der Waals surface area contributed by atoms with Crippen LogP contribution in [-0.4, -0.2) is 59.7 Å². The first kappa shape index (κ1) is 16.6. The molecule has 0 saturated carbocycles. The first-order valence-corrected chi connectivity index (χ1v) is 8.80. The summed E-state index contributed by atoms with van der Waals surface area (Å²) in [5, 5.41) is 9.32. The maximum atomic E-state index is 12.8. The van der Waals surface area contributed by atoms with Gasteiger partial charge >= 0.3 is 5.97 Å². The molecule has 128 valence electrons. The first-order valence-electron chi connectivity index (χ1n) is 7.36. The SMILES string of the molecule is Cc1nccn1-c1cc(C(=O)O)cc(S(=O)(=O)N2CCOCC2)c1. The number of sulfonamides is 1. The second kappa shape index (κ2) is 6.34. The molecular formula is C15H17N3O5S. The third-order valence-electron chi connectivity index (χ3n) is 3.85. The fourth-order valence-corrected chi connectivity index (χ4v) is 4.06. The van der Waals surface area contributed by atoms with Crippen LogP contribution in [0.1, 0.15) is 16.2 Å². The van der Waals surface area contributed by atoms with Crippen LogP contribution >= 0.6 is 0 Å². The Morgan fingerprint density at radius 3 is 2.54 bits per heavy atom. The summed E-state index contributed by atoms with van der Waals surface area (Å²) in [4.78, 5) is 15.4. The van der Waals surface area contributed by atoms with E-state index < -0.39 is 16.0 Å². The Labute approximate surface area is 139 Å². The molecule has 0 unspecified atom stereocenters. The van der Waals surface area contributed by atoms with Gasteiger partial charge in [0.15, 0.2) is 0 Å². The van der Waals surface area contributed by atoms with Gasteiger partial charge in [-0.1, -0.05) is 0 Å². The van der Waals surface area contributed by atoms with Crippen LogP contribution in [0.25, 0.3) is 5.69 Å². The highest BCUT2D eigenvalue weighted by Gasteiger charge is 2.28. The third kappa shape index (κ3) is 3.05. The van der Waals surface area contributed by atoms with E-state index in [1.54, 1.807) is 23.9 Å². The largest absolute Gasteiger partial charge is 0.478 e. The fraction of sp³-hybridized carbons (Fsp3) is 0.333. The van der Waals surface area contributed by atoms with Crippen molar-refractivity contribution >= 4 is 16.0 Å². The van der Waals surface area contributed by atoms with Gasteiger partial charge in [-0.3, -0.25) is 0 Å². The monoisotopic (exact) mass is 351 g/mol. The predicted octanol–water partition coefficient (Wildman–Crippen LogP) is 0.900. The van der Waals surface area contributed by atoms with Crippen LogP contribution in [0.4, 0.5) is 0 Å². The van der Waals surface area contributed by atoms with E-state index in [9.17, 15) is 18.3 Å². The maximum absolute atomic E-state index is 12.8. The van der Waals surface area contributed by atoms with Crippen molar-refractivity contribution in [3.05, 3.63) is 42.0 Å². The van der Waals surface area contributed by atoms with Crippen LogP contribution in [0.15, 0.2) is 35.5 Å². The number of imidazole rings is 1. The minimum absolute atomic E-state index is 0.0487. The standard InChI is InChI=1S/C15H17N3O5S/c1-11-16-2-3-18(11)13-8-12(15(19)20)9-14(10-13)24(21,22)17-4-6-23-7-5-17/h2-3,8-10H,4-7H2,1H3,(H,19,20). The lowest BCUT2D eigenvalue weighted by Crippen LogP contribution is -2.40. The Morgan fingerprint density at radius 1 is 1.25 bits per heavy atom. The summed E-state index contributed by atoms with van der Waals surface area (Å²) >= 11 is 0. The zero-order valence-corrected chi connectivity index (χ0v) is 13.9. The molecule has 2 aromatic rings. The number of carboxylic acids is 1. The number of hydrogen-bond donors (Lipinski definition) is 1. The van der Waals surface area contributed by atoms with Crippen molar-refractivity contribution in [3.63, 3.8) is 0 Å². The minimum Gasteiger partial charge on any atom is -0.478 e. The molecule has 8 nitrogen and oxygen atoms in total. The molecule has 3 rings (SSSR count). The summed E-state index contributed by atoms with van der Waals surface area (Å²) in [5.74, 6) is -0.555. The summed E-state index contributed by atoms with van der Waals surface area (Å²) in [5.41, 5.74) is 0.351. The number of aromatic nitrogens is 2. The van der Waals surface area contributed by atoms with E-state index in [4.69, 9.17) is 4.74 Å². The molecule has 1 aromatic carbocycles. The van der Waals surface area contributed by atoms with Crippen LogP contribution in [0.3, 0.4) is 0 Å². The molecule has 1 aromatic heterocycles. The number of aryl methyl sites for hydroxylation is 1. The molecule has 1 aliphatic rings. The normalized spacial score (nSPS) is 16.2. The molecule has 1 aliphatic heterocycles. The van der Waals surface area contributed by atoms with Gasteiger partial charge in [0.25, 0.3) is 0 Å². The molecule has 0 bridgehead atoms. The third-order valence-corrected chi connectivity index (χ3v) is 5.73. The van der Waals surface area contributed by atoms with Crippen molar-refractivity contribution in [2.75, 3.05) is 26.3 Å². The fourth-order valence-electron chi connectivity index (χ4n) is 2.58. The number of nitrogens with zero attached hydrogens (tertiary/aromatic N) is 3. The zero-order valence-electron chi connectivity index (χ0n) is 13.0. The van der Waals surface area contributed by atoms with Crippen LogP contribution in [0.5, 0.6) is 0 Å². The summed E-state index contributed by atoms with van der Waals surface area (Å²) < 4.78 is 33.8. The number of carboxylic acid groups (broad SMARTS) is 1. The minimum atomic E-state index is -3.79. The second-order valence-electron chi connectivity index (χ2n) is 5.38.